The maximum Gasteiger partial charge on any atom is 0.330 e. The summed E-state index contributed by atoms with van der Waals surface area (Å²) >= 11 is 0. The summed E-state index contributed by atoms with van der Waals surface area (Å²) in [6.45, 7) is 0. The number of nitrogens with one attached hydrogen (secondary N) is 2. The van der Waals surface area contributed by atoms with Crippen molar-refractivity contribution in [2.75, 3.05) is 5.43 Å². The van der Waals surface area contributed by atoms with Crippen LogP contribution in [0.3, 0.4) is 0 Å². The summed E-state index contributed by atoms with van der Waals surface area (Å²) in [5, 5.41) is 9.43. The highest BCUT2D eigenvalue weighted by molar-refractivity contribution is 5.91. The maximum atomic E-state index is 10.5. The van der Waals surface area contributed by atoms with Crippen molar-refractivity contribution < 1.29 is 4.79 Å². The lowest BCUT2D eigenvalue weighted by Crippen LogP contribution is -2.34. The van der Waals surface area contributed by atoms with Crippen molar-refractivity contribution in [3.63, 3.8) is 0 Å². The summed E-state index contributed by atoms with van der Waals surface area (Å²) in [7, 11) is 0. The molecule has 2 aromatic rings. The fourth-order valence-electron chi connectivity index (χ4n) is 1.24. The molecule has 4 N–H and O–H groups in total. The molecule has 0 spiro atoms. The highest BCUT2D eigenvalue weighted by Gasteiger charge is 2.01. The van der Waals surface area contributed by atoms with Crippen LogP contribution in [0.25, 0.3) is 10.8 Å². The third-order valence-electron chi connectivity index (χ3n) is 1.87. The zero-order valence-electron chi connectivity index (χ0n) is 7.77. The molecule has 2 rings (SSSR count). The number of carbonyl (C=O) groups is 1. The third-order valence-corrected chi connectivity index (χ3v) is 1.87. The lowest BCUT2D eigenvalue weighted by atomic mass is 10.2. The van der Waals surface area contributed by atoms with Crippen molar-refractivity contribution in [1.82, 2.24) is 15.6 Å². The maximum absolute atomic E-state index is 10.5. The number of hydrogen-bond acceptors (Lipinski definition) is 4. The fraction of sp³-hybridized carbons (Fsp3) is 0. The summed E-state index contributed by atoms with van der Waals surface area (Å²) in [6, 6.07) is 6.87. The normalized spacial score (nSPS) is 9.87. The predicted molar refractivity (Wildman–Crippen MR) is 55.9 cm³/mol. The highest BCUT2D eigenvalue weighted by atomic mass is 16.2. The van der Waals surface area contributed by atoms with Gasteiger partial charge in [-0.25, -0.2) is 4.79 Å². The lowest BCUT2D eigenvalue weighted by molar-refractivity contribution is 0.250. The number of nitrogens with zero attached hydrogens (tertiary/aromatic N) is 2. The Hall–Kier alpha value is -2.37. The Labute approximate surface area is 85.5 Å². The van der Waals surface area contributed by atoms with Crippen molar-refractivity contribution in [1.29, 1.82) is 0 Å². The molecule has 0 saturated carbocycles. The molecule has 0 atom stereocenters. The Morgan fingerprint density at radius 1 is 1.33 bits per heavy atom. The number of amides is 2. The van der Waals surface area contributed by atoms with Gasteiger partial charge in [-0.05, 0) is 0 Å². The Bertz CT molecular complexity index is 493. The van der Waals surface area contributed by atoms with Crippen LogP contribution >= 0.6 is 0 Å². The third kappa shape index (κ3) is 1.93. The number of primary amides is 1. The largest absolute Gasteiger partial charge is 0.350 e. The molecule has 0 aliphatic carbocycles. The van der Waals surface area contributed by atoms with Crippen LogP contribution in [0.15, 0.2) is 30.5 Å². The van der Waals surface area contributed by atoms with Gasteiger partial charge in [0.25, 0.3) is 0 Å². The molecule has 2 amide bonds. The number of benzene rings is 1. The molecule has 0 aliphatic heterocycles. The van der Waals surface area contributed by atoms with Crippen LogP contribution in [-0.2, 0) is 0 Å². The van der Waals surface area contributed by atoms with E-state index in [-0.39, 0.29) is 0 Å². The molecule has 0 radical (unpaired) electrons. The van der Waals surface area contributed by atoms with E-state index in [2.05, 4.69) is 21.0 Å². The van der Waals surface area contributed by atoms with Crippen molar-refractivity contribution in [2.45, 2.75) is 0 Å². The minimum atomic E-state index is -0.676. The van der Waals surface area contributed by atoms with Crippen molar-refractivity contribution in [2.24, 2.45) is 5.73 Å². The average molecular weight is 203 g/mol. The van der Waals surface area contributed by atoms with Crippen LogP contribution in [-0.4, -0.2) is 16.2 Å². The van der Waals surface area contributed by atoms with Crippen LogP contribution in [0.5, 0.6) is 0 Å². The minimum absolute atomic E-state index is 0.465. The molecule has 0 fully saturated rings. The van der Waals surface area contributed by atoms with E-state index in [0.717, 1.165) is 10.8 Å². The van der Waals surface area contributed by atoms with Crippen molar-refractivity contribution >= 4 is 22.6 Å². The van der Waals surface area contributed by atoms with Gasteiger partial charge in [0, 0.05) is 10.8 Å². The molecule has 1 aromatic carbocycles. The lowest BCUT2D eigenvalue weighted by Gasteiger charge is -2.06. The van der Waals surface area contributed by atoms with Gasteiger partial charge in [0.1, 0.15) is 0 Å². The van der Waals surface area contributed by atoms with Crippen LogP contribution in [0.4, 0.5) is 10.6 Å². The number of carbonyl (C=O) groups excluding carboxylic acids is 1. The van der Waals surface area contributed by atoms with Crippen LogP contribution in [0, 0.1) is 0 Å². The first-order valence-corrected chi connectivity index (χ1v) is 4.29. The first kappa shape index (κ1) is 9.20. The number of fused-ring (bicyclic) bond motifs is 1. The Morgan fingerprint density at radius 3 is 2.93 bits per heavy atom. The second-order valence-electron chi connectivity index (χ2n) is 2.89. The standard InChI is InChI=1S/C9H9N5O/c10-9(15)14-13-8-7-4-2-1-3-6(7)5-11-12-8/h1-5H,(H,12,13)(H3,10,14,15). The van der Waals surface area contributed by atoms with Gasteiger partial charge in [-0.15, -0.1) is 5.10 Å². The first-order chi connectivity index (χ1) is 7.27. The van der Waals surface area contributed by atoms with Gasteiger partial charge in [0.05, 0.1) is 6.20 Å². The van der Waals surface area contributed by atoms with Crippen LogP contribution in [0.2, 0.25) is 0 Å². The smallest absolute Gasteiger partial charge is 0.330 e. The van der Waals surface area contributed by atoms with Crippen LogP contribution < -0.4 is 16.6 Å². The van der Waals surface area contributed by atoms with E-state index in [1.807, 2.05) is 24.3 Å². The number of nitrogens with two attached hydrogens (primary N) is 1. The molecule has 0 bridgehead atoms. The molecule has 15 heavy (non-hydrogen) atoms. The zero-order valence-corrected chi connectivity index (χ0v) is 7.77. The number of aromatic nitrogens is 2. The number of rotatable bonds is 2. The molecule has 0 aliphatic rings. The second kappa shape index (κ2) is 3.79. The van der Waals surface area contributed by atoms with E-state index in [1.165, 1.54) is 0 Å². The van der Waals surface area contributed by atoms with E-state index in [4.69, 9.17) is 5.73 Å². The number of anilines is 1. The topological polar surface area (TPSA) is 92.9 Å². The van der Waals surface area contributed by atoms with Gasteiger partial charge < -0.3 is 5.73 Å². The highest BCUT2D eigenvalue weighted by Crippen LogP contribution is 2.17. The Kier molecular flexibility index (Phi) is 2.32. The Morgan fingerprint density at radius 2 is 2.13 bits per heavy atom. The van der Waals surface area contributed by atoms with E-state index in [9.17, 15) is 4.79 Å². The fourth-order valence-corrected chi connectivity index (χ4v) is 1.24. The molecule has 0 unspecified atom stereocenters. The predicted octanol–water partition coefficient (Wildman–Crippen LogP) is 0.625. The molecule has 0 saturated heterocycles. The van der Waals surface area contributed by atoms with Gasteiger partial charge in [-0.1, -0.05) is 24.3 Å². The first-order valence-electron chi connectivity index (χ1n) is 4.29. The van der Waals surface area contributed by atoms with E-state index in [1.54, 1.807) is 6.20 Å². The second-order valence-corrected chi connectivity index (χ2v) is 2.89. The molecule has 1 aromatic heterocycles. The van der Waals surface area contributed by atoms with Gasteiger partial charge in [-0.3, -0.25) is 10.9 Å². The van der Waals surface area contributed by atoms with Crippen LogP contribution in [0.1, 0.15) is 0 Å². The summed E-state index contributed by atoms with van der Waals surface area (Å²) < 4.78 is 0. The molecule has 76 valence electrons. The minimum Gasteiger partial charge on any atom is -0.350 e. The Balaban J connectivity index is 2.38. The van der Waals surface area contributed by atoms with E-state index >= 15 is 0 Å². The summed E-state index contributed by atoms with van der Waals surface area (Å²) in [5.41, 5.74) is 9.75. The monoisotopic (exact) mass is 203 g/mol. The van der Waals surface area contributed by atoms with Gasteiger partial charge in [0.15, 0.2) is 5.82 Å². The zero-order chi connectivity index (χ0) is 10.7. The quantitative estimate of drug-likeness (QED) is 0.624. The van der Waals surface area contributed by atoms with Gasteiger partial charge in [-0.2, -0.15) is 5.10 Å². The molecule has 6 nitrogen and oxygen atoms in total. The SMILES string of the molecule is NC(=O)NNc1nncc2ccccc12. The van der Waals surface area contributed by atoms with E-state index in [0.29, 0.717) is 5.82 Å². The molecule has 6 heteroatoms. The van der Waals surface area contributed by atoms with E-state index < -0.39 is 6.03 Å². The van der Waals surface area contributed by atoms with Crippen molar-refractivity contribution in [3.8, 4) is 0 Å². The number of hydrazine groups is 1. The molecule has 1 heterocycles. The number of urea groups is 1. The van der Waals surface area contributed by atoms with Crippen molar-refractivity contribution in [3.05, 3.63) is 30.5 Å². The summed E-state index contributed by atoms with van der Waals surface area (Å²) in [6.07, 6.45) is 1.64. The van der Waals surface area contributed by atoms with Gasteiger partial charge >= 0.3 is 6.03 Å². The summed E-state index contributed by atoms with van der Waals surface area (Å²) in [5.74, 6) is 0.465. The number of hydrogen-bond donors (Lipinski definition) is 3. The average Bonchev–Trinajstić information content (AvgIpc) is 2.26. The molecular formula is C9H9N5O. The summed E-state index contributed by atoms with van der Waals surface area (Å²) in [4.78, 5) is 10.5. The van der Waals surface area contributed by atoms with Gasteiger partial charge in [0.2, 0.25) is 0 Å². The molecular weight excluding hydrogens is 194 g/mol.